The highest BCUT2D eigenvalue weighted by Crippen LogP contribution is 2.26. The molecule has 31 heavy (non-hydrogen) atoms. The second kappa shape index (κ2) is 9.11. The van der Waals surface area contributed by atoms with Gasteiger partial charge >= 0.3 is 0 Å². The van der Waals surface area contributed by atoms with Crippen molar-refractivity contribution in [3.05, 3.63) is 48.3 Å². The summed E-state index contributed by atoms with van der Waals surface area (Å²) in [6, 6.07) is 10.5. The molecule has 9 nitrogen and oxygen atoms in total. The summed E-state index contributed by atoms with van der Waals surface area (Å²) < 4.78 is 29.5. The SMILES string of the molecule is CCCn1nnc2cc(S(=O)(=O)N3CCC(C(=O)NCc4ccccn4)CC3)ccc21. The number of amides is 1. The van der Waals surface area contributed by atoms with Crippen LogP contribution in [0.25, 0.3) is 11.0 Å². The number of hydrogen-bond acceptors (Lipinski definition) is 6. The number of benzene rings is 1. The van der Waals surface area contributed by atoms with E-state index in [0.717, 1.165) is 24.2 Å². The second-order valence-corrected chi connectivity index (χ2v) is 9.62. The molecule has 1 amide bonds. The number of aryl methyl sites for hydroxylation is 1. The van der Waals surface area contributed by atoms with Gasteiger partial charge in [0.15, 0.2) is 0 Å². The average Bonchev–Trinajstić information content (AvgIpc) is 3.20. The first-order valence-electron chi connectivity index (χ1n) is 10.5. The van der Waals surface area contributed by atoms with Gasteiger partial charge in [0.05, 0.1) is 22.7 Å². The Hall–Kier alpha value is -2.85. The summed E-state index contributed by atoms with van der Waals surface area (Å²) in [7, 11) is -3.65. The maximum absolute atomic E-state index is 13.1. The van der Waals surface area contributed by atoms with Crippen LogP contribution >= 0.6 is 0 Å². The van der Waals surface area contributed by atoms with Crippen LogP contribution in [0, 0.1) is 5.92 Å². The van der Waals surface area contributed by atoms with Crippen LogP contribution in [-0.2, 0) is 27.9 Å². The molecule has 3 heterocycles. The Morgan fingerprint density at radius 2 is 2.00 bits per heavy atom. The summed E-state index contributed by atoms with van der Waals surface area (Å²) in [5.74, 6) is -0.261. The molecule has 0 bridgehead atoms. The van der Waals surface area contributed by atoms with Gasteiger partial charge in [-0.2, -0.15) is 4.31 Å². The third kappa shape index (κ3) is 4.59. The molecular weight excluding hydrogens is 416 g/mol. The number of nitrogens with one attached hydrogen (secondary N) is 1. The summed E-state index contributed by atoms with van der Waals surface area (Å²) in [6.07, 6.45) is 3.58. The Labute approximate surface area is 181 Å². The predicted molar refractivity (Wildman–Crippen MR) is 115 cm³/mol. The van der Waals surface area contributed by atoms with Gasteiger partial charge in [-0.3, -0.25) is 9.78 Å². The zero-order chi connectivity index (χ0) is 21.8. The normalized spacial score (nSPS) is 15.9. The third-order valence-corrected chi connectivity index (χ3v) is 7.45. The van der Waals surface area contributed by atoms with Gasteiger partial charge in [-0.25, -0.2) is 13.1 Å². The molecule has 0 aliphatic carbocycles. The van der Waals surface area contributed by atoms with Crippen LogP contribution in [-0.4, -0.2) is 51.7 Å². The lowest BCUT2D eigenvalue weighted by molar-refractivity contribution is -0.126. The Kier molecular flexibility index (Phi) is 6.28. The van der Waals surface area contributed by atoms with Crippen molar-refractivity contribution in [2.24, 2.45) is 5.92 Å². The maximum Gasteiger partial charge on any atom is 0.243 e. The predicted octanol–water partition coefficient (Wildman–Crippen LogP) is 1.95. The molecule has 1 fully saturated rings. The molecule has 1 aliphatic heterocycles. The van der Waals surface area contributed by atoms with Gasteiger partial charge in [0.2, 0.25) is 15.9 Å². The van der Waals surface area contributed by atoms with E-state index in [4.69, 9.17) is 0 Å². The first-order chi connectivity index (χ1) is 15.0. The van der Waals surface area contributed by atoms with Gasteiger partial charge < -0.3 is 5.32 Å². The van der Waals surface area contributed by atoms with Gasteiger partial charge in [-0.15, -0.1) is 5.10 Å². The molecule has 1 saturated heterocycles. The second-order valence-electron chi connectivity index (χ2n) is 7.68. The number of pyridine rings is 1. The van der Waals surface area contributed by atoms with Gasteiger partial charge in [0, 0.05) is 31.7 Å². The van der Waals surface area contributed by atoms with Crippen molar-refractivity contribution in [2.75, 3.05) is 13.1 Å². The maximum atomic E-state index is 13.1. The van der Waals surface area contributed by atoms with Gasteiger partial charge in [0.1, 0.15) is 5.52 Å². The van der Waals surface area contributed by atoms with E-state index >= 15 is 0 Å². The molecule has 0 unspecified atom stereocenters. The number of rotatable bonds is 7. The molecular formula is C21H26N6O3S. The number of carbonyl (C=O) groups excluding carboxylic acids is 1. The summed E-state index contributed by atoms with van der Waals surface area (Å²) >= 11 is 0. The highest BCUT2D eigenvalue weighted by molar-refractivity contribution is 7.89. The minimum Gasteiger partial charge on any atom is -0.350 e. The molecule has 0 atom stereocenters. The van der Waals surface area contributed by atoms with Crippen LogP contribution in [0.3, 0.4) is 0 Å². The van der Waals surface area contributed by atoms with Crippen LogP contribution < -0.4 is 5.32 Å². The average molecular weight is 443 g/mol. The number of carbonyl (C=O) groups is 1. The molecule has 164 valence electrons. The van der Waals surface area contributed by atoms with E-state index in [9.17, 15) is 13.2 Å². The number of sulfonamides is 1. The van der Waals surface area contributed by atoms with E-state index in [2.05, 4.69) is 27.5 Å². The van der Waals surface area contributed by atoms with Crippen LogP contribution in [0.4, 0.5) is 0 Å². The van der Waals surface area contributed by atoms with Crippen molar-refractivity contribution in [1.29, 1.82) is 0 Å². The lowest BCUT2D eigenvalue weighted by atomic mass is 9.97. The van der Waals surface area contributed by atoms with E-state index in [1.165, 1.54) is 4.31 Å². The Morgan fingerprint density at radius 3 is 2.71 bits per heavy atom. The van der Waals surface area contributed by atoms with E-state index < -0.39 is 10.0 Å². The van der Waals surface area contributed by atoms with Gasteiger partial charge in [-0.05, 0) is 49.6 Å². The van der Waals surface area contributed by atoms with Gasteiger partial charge in [-0.1, -0.05) is 18.2 Å². The van der Waals surface area contributed by atoms with E-state index in [-0.39, 0.29) is 16.7 Å². The summed E-state index contributed by atoms with van der Waals surface area (Å²) in [4.78, 5) is 16.9. The van der Waals surface area contributed by atoms with Crippen molar-refractivity contribution < 1.29 is 13.2 Å². The fourth-order valence-electron chi connectivity index (χ4n) is 3.82. The Bertz CT molecular complexity index is 1150. The number of piperidine rings is 1. The molecule has 10 heteroatoms. The van der Waals surface area contributed by atoms with E-state index in [0.29, 0.717) is 38.0 Å². The van der Waals surface area contributed by atoms with Crippen molar-refractivity contribution in [3.8, 4) is 0 Å². The first-order valence-corrected chi connectivity index (χ1v) is 11.9. The number of aromatic nitrogens is 4. The van der Waals surface area contributed by atoms with Crippen molar-refractivity contribution in [1.82, 2.24) is 29.6 Å². The topological polar surface area (TPSA) is 110 Å². The van der Waals surface area contributed by atoms with Crippen LogP contribution in [0.2, 0.25) is 0 Å². The molecule has 1 N–H and O–H groups in total. The standard InChI is InChI=1S/C21H26N6O3S/c1-2-11-27-20-7-6-18(14-19(20)24-25-27)31(29,30)26-12-8-16(9-13-26)21(28)23-15-17-5-3-4-10-22-17/h3-7,10,14,16H,2,8-9,11-13,15H2,1H3,(H,23,28). The quantitative estimate of drug-likeness (QED) is 0.599. The fraction of sp³-hybridized carbons (Fsp3) is 0.429. The minimum absolute atomic E-state index is 0.0586. The van der Waals surface area contributed by atoms with Crippen molar-refractivity contribution in [2.45, 2.75) is 44.2 Å². The number of nitrogens with zero attached hydrogens (tertiary/aromatic N) is 5. The number of fused-ring (bicyclic) bond motifs is 1. The zero-order valence-corrected chi connectivity index (χ0v) is 18.3. The molecule has 2 aromatic heterocycles. The van der Waals surface area contributed by atoms with Crippen LogP contribution in [0.15, 0.2) is 47.5 Å². The molecule has 3 aromatic rings. The molecule has 1 aliphatic rings. The van der Waals surface area contributed by atoms with Crippen LogP contribution in [0.5, 0.6) is 0 Å². The monoisotopic (exact) mass is 442 g/mol. The molecule has 0 spiro atoms. The third-order valence-electron chi connectivity index (χ3n) is 5.55. The number of hydrogen-bond donors (Lipinski definition) is 1. The molecule has 0 saturated carbocycles. The molecule has 4 rings (SSSR count). The Morgan fingerprint density at radius 1 is 1.19 bits per heavy atom. The largest absolute Gasteiger partial charge is 0.350 e. The minimum atomic E-state index is -3.65. The molecule has 0 radical (unpaired) electrons. The highest BCUT2D eigenvalue weighted by Gasteiger charge is 2.32. The van der Waals surface area contributed by atoms with Crippen molar-refractivity contribution >= 4 is 27.0 Å². The summed E-state index contributed by atoms with van der Waals surface area (Å²) in [6.45, 7) is 3.78. The fourth-order valence-corrected chi connectivity index (χ4v) is 5.31. The van der Waals surface area contributed by atoms with E-state index in [1.807, 2.05) is 18.2 Å². The summed E-state index contributed by atoms with van der Waals surface area (Å²) in [5, 5.41) is 11.1. The van der Waals surface area contributed by atoms with Gasteiger partial charge in [0.25, 0.3) is 0 Å². The van der Waals surface area contributed by atoms with Crippen molar-refractivity contribution in [3.63, 3.8) is 0 Å². The first kappa shape index (κ1) is 21.4. The zero-order valence-electron chi connectivity index (χ0n) is 17.4. The molecule has 1 aromatic carbocycles. The highest BCUT2D eigenvalue weighted by atomic mass is 32.2. The lowest BCUT2D eigenvalue weighted by Crippen LogP contribution is -2.42. The Balaban J connectivity index is 1.38. The van der Waals surface area contributed by atoms with Crippen LogP contribution in [0.1, 0.15) is 31.9 Å². The lowest BCUT2D eigenvalue weighted by Gasteiger charge is -2.30. The summed E-state index contributed by atoms with van der Waals surface area (Å²) in [5.41, 5.74) is 2.18. The smallest absolute Gasteiger partial charge is 0.243 e. The van der Waals surface area contributed by atoms with E-state index in [1.54, 1.807) is 29.1 Å².